The second kappa shape index (κ2) is 6.21. The average molecular weight is 245 g/mol. The molecule has 96 valence electrons. The number of nitrogens with one attached hydrogen (secondary N) is 1. The Morgan fingerprint density at radius 2 is 2.28 bits per heavy atom. The highest BCUT2D eigenvalue weighted by atomic mass is 16.5. The molecule has 0 radical (unpaired) electrons. The maximum Gasteiger partial charge on any atom is 0.0661 e. The van der Waals surface area contributed by atoms with Crippen molar-refractivity contribution >= 4 is 5.69 Å². The minimum Gasteiger partial charge on any atom is -0.383 e. The molecule has 2 aromatic rings. The van der Waals surface area contributed by atoms with Gasteiger partial charge < -0.3 is 10.1 Å². The molecule has 1 unspecified atom stereocenters. The summed E-state index contributed by atoms with van der Waals surface area (Å²) in [4.78, 5) is 0. The molecule has 1 N–H and O–H groups in total. The molecule has 1 aromatic heterocycles. The lowest BCUT2D eigenvalue weighted by Gasteiger charge is -2.15. The normalized spacial score (nSPS) is 12.3. The van der Waals surface area contributed by atoms with Crippen molar-refractivity contribution in [1.29, 1.82) is 0 Å². The lowest BCUT2D eigenvalue weighted by atomic mass is 10.2. The number of aromatic nitrogens is 2. The molecular weight excluding hydrogens is 226 g/mol. The molecule has 0 bridgehead atoms. The molecule has 0 aliphatic heterocycles. The van der Waals surface area contributed by atoms with Crippen molar-refractivity contribution in [3.63, 3.8) is 0 Å². The highest BCUT2D eigenvalue weighted by molar-refractivity contribution is 5.46. The van der Waals surface area contributed by atoms with E-state index in [1.54, 1.807) is 13.3 Å². The molecule has 2 rings (SSSR count). The monoisotopic (exact) mass is 245 g/mol. The highest BCUT2D eigenvalue weighted by Gasteiger charge is 2.02. The number of hydrogen-bond acceptors (Lipinski definition) is 3. The number of nitrogens with zero attached hydrogens (tertiary/aromatic N) is 2. The van der Waals surface area contributed by atoms with Crippen LogP contribution in [-0.2, 0) is 11.3 Å². The zero-order valence-electron chi connectivity index (χ0n) is 10.8. The Bertz CT molecular complexity index is 468. The van der Waals surface area contributed by atoms with Gasteiger partial charge in [-0.05, 0) is 30.7 Å². The van der Waals surface area contributed by atoms with Crippen LogP contribution in [0.5, 0.6) is 0 Å². The molecule has 0 saturated carbocycles. The average Bonchev–Trinajstić information content (AvgIpc) is 2.82. The van der Waals surface area contributed by atoms with Crippen LogP contribution in [-0.4, -0.2) is 29.5 Å². The predicted molar refractivity (Wildman–Crippen MR) is 72.7 cm³/mol. The van der Waals surface area contributed by atoms with Gasteiger partial charge in [0.2, 0.25) is 0 Å². The van der Waals surface area contributed by atoms with Gasteiger partial charge >= 0.3 is 0 Å². The Kier molecular flexibility index (Phi) is 4.36. The largest absolute Gasteiger partial charge is 0.383 e. The summed E-state index contributed by atoms with van der Waals surface area (Å²) < 4.78 is 7.03. The highest BCUT2D eigenvalue weighted by Crippen LogP contribution is 2.12. The predicted octanol–water partition coefficient (Wildman–Crippen LogP) is 2.38. The Balaban J connectivity index is 2.01. The van der Waals surface area contributed by atoms with Gasteiger partial charge in [0.25, 0.3) is 0 Å². The lowest BCUT2D eigenvalue weighted by Crippen LogP contribution is -2.20. The molecule has 1 atom stereocenters. The second-order valence-corrected chi connectivity index (χ2v) is 4.40. The molecule has 4 nitrogen and oxygen atoms in total. The smallest absolute Gasteiger partial charge is 0.0661 e. The van der Waals surface area contributed by atoms with Crippen molar-refractivity contribution in [3.8, 4) is 0 Å². The summed E-state index contributed by atoms with van der Waals surface area (Å²) in [5, 5.41) is 7.62. The molecule has 4 heteroatoms. The zero-order chi connectivity index (χ0) is 12.8. The summed E-state index contributed by atoms with van der Waals surface area (Å²) in [5.74, 6) is 0. The van der Waals surface area contributed by atoms with Gasteiger partial charge in [-0.25, -0.2) is 0 Å². The Labute approximate surface area is 108 Å². The van der Waals surface area contributed by atoms with Gasteiger partial charge in [-0.15, -0.1) is 0 Å². The van der Waals surface area contributed by atoms with E-state index in [1.807, 2.05) is 16.9 Å². The van der Waals surface area contributed by atoms with Crippen LogP contribution in [0.4, 0.5) is 5.69 Å². The van der Waals surface area contributed by atoms with E-state index in [4.69, 9.17) is 4.74 Å². The van der Waals surface area contributed by atoms with Gasteiger partial charge in [0, 0.05) is 31.2 Å². The Morgan fingerprint density at radius 3 is 3.00 bits per heavy atom. The Hall–Kier alpha value is -1.81. The maximum atomic E-state index is 5.11. The molecule has 0 spiro atoms. The molecule has 1 heterocycles. The van der Waals surface area contributed by atoms with Crippen molar-refractivity contribution in [3.05, 3.63) is 48.3 Å². The zero-order valence-corrected chi connectivity index (χ0v) is 10.8. The number of hydrogen-bond donors (Lipinski definition) is 1. The summed E-state index contributed by atoms with van der Waals surface area (Å²) in [6.45, 7) is 3.59. The first-order valence-corrected chi connectivity index (χ1v) is 6.10. The van der Waals surface area contributed by atoms with Gasteiger partial charge in [-0.2, -0.15) is 5.10 Å². The van der Waals surface area contributed by atoms with Gasteiger partial charge in [0.15, 0.2) is 0 Å². The summed E-state index contributed by atoms with van der Waals surface area (Å²) >= 11 is 0. The van der Waals surface area contributed by atoms with Crippen LogP contribution in [0.1, 0.15) is 12.5 Å². The number of benzene rings is 1. The minimum absolute atomic E-state index is 0.301. The van der Waals surface area contributed by atoms with Crippen molar-refractivity contribution in [2.24, 2.45) is 0 Å². The number of ether oxygens (including phenoxy) is 1. The van der Waals surface area contributed by atoms with Crippen LogP contribution in [0.3, 0.4) is 0 Å². The van der Waals surface area contributed by atoms with Crippen LogP contribution in [0.25, 0.3) is 0 Å². The van der Waals surface area contributed by atoms with Gasteiger partial charge in [-0.3, -0.25) is 4.68 Å². The van der Waals surface area contributed by atoms with E-state index in [2.05, 4.69) is 41.6 Å². The van der Waals surface area contributed by atoms with Gasteiger partial charge in [-0.1, -0.05) is 12.1 Å². The molecule has 0 fully saturated rings. The molecule has 0 saturated heterocycles. The molecule has 0 aliphatic carbocycles. The third-order valence-corrected chi connectivity index (χ3v) is 2.66. The molecule has 0 amide bonds. The van der Waals surface area contributed by atoms with Crippen molar-refractivity contribution in [1.82, 2.24) is 9.78 Å². The summed E-state index contributed by atoms with van der Waals surface area (Å²) in [7, 11) is 1.71. The lowest BCUT2D eigenvalue weighted by molar-refractivity contribution is 0.190. The SMILES string of the molecule is COCC(C)Nc1cccc(Cn2cccn2)c1. The molecular formula is C14H19N3O. The molecule has 0 aliphatic rings. The van der Waals surface area contributed by atoms with E-state index in [1.165, 1.54) is 5.56 Å². The van der Waals surface area contributed by atoms with E-state index in [9.17, 15) is 0 Å². The van der Waals surface area contributed by atoms with Gasteiger partial charge in [0.05, 0.1) is 13.2 Å². The molecule has 18 heavy (non-hydrogen) atoms. The van der Waals surface area contributed by atoms with Gasteiger partial charge in [0.1, 0.15) is 0 Å². The minimum atomic E-state index is 0.301. The van der Waals surface area contributed by atoms with Crippen LogP contribution < -0.4 is 5.32 Å². The van der Waals surface area contributed by atoms with Crippen molar-refractivity contribution < 1.29 is 4.74 Å². The fraction of sp³-hybridized carbons (Fsp3) is 0.357. The number of anilines is 1. The van der Waals surface area contributed by atoms with Crippen LogP contribution in [0.2, 0.25) is 0 Å². The fourth-order valence-electron chi connectivity index (χ4n) is 1.92. The third kappa shape index (κ3) is 3.60. The maximum absolute atomic E-state index is 5.11. The topological polar surface area (TPSA) is 39.1 Å². The van der Waals surface area contributed by atoms with Crippen LogP contribution >= 0.6 is 0 Å². The Morgan fingerprint density at radius 1 is 1.39 bits per heavy atom. The van der Waals surface area contributed by atoms with E-state index >= 15 is 0 Å². The van der Waals surface area contributed by atoms with E-state index in [-0.39, 0.29) is 0 Å². The summed E-state index contributed by atoms with van der Waals surface area (Å²) in [6.07, 6.45) is 3.76. The van der Waals surface area contributed by atoms with E-state index in [0.717, 1.165) is 12.2 Å². The quantitative estimate of drug-likeness (QED) is 0.849. The summed E-state index contributed by atoms with van der Waals surface area (Å²) in [5.41, 5.74) is 2.34. The van der Waals surface area contributed by atoms with Crippen LogP contribution in [0, 0.1) is 0 Å². The first-order valence-electron chi connectivity index (χ1n) is 6.10. The van der Waals surface area contributed by atoms with E-state index in [0.29, 0.717) is 12.6 Å². The van der Waals surface area contributed by atoms with E-state index < -0.39 is 0 Å². The first kappa shape index (κ1) is 12.6. The second-order valence-electron chi connectivity index (χ2n) is 4.40. The fourth-order valence-corrected chi connectivity index (χ4v) is 1.92. The van der Waals surface area contributed by atoms with Crippen molar-refractivity contribution in [2.75, 3.05) is 19.0 Å². The number of rotatable bonds is 6. The number of methoxy groups -OCH3 is 1. The van der Waals surface area contributed by atoms with Crippen LogP contribution in [0.15, 0.2) is 42.7 Å². The molecule has 1 aromatic carbocycles. The van der Waals surface area contributed by atoms with Crippen molar-refractivity contribution in [2.45, 2.75) is 19.5 Å². The third-order valence-electron chi connectivity index (χ3n) is 2.66. The summed E-state index contributed by atoms with van der Waals surface area (Å²) in [6, 6.07) is 10.6. The first-order chi connectivity index (χ1) is 8.78. The standard InChI is InChI=1S/C14H19N3O/c1-12(11-18-2)16-14-6-3-5-13(9-14)10-17-8-4-7-15-17/h3-9,12,16H,10-11H2,1-2H3.